The number of nitrogens with one attached hydrogen (secondary N) is 1. The quantitative estimate of drug-likeness (QED) is 0.534. The molecule has 0 saturated carbocycles. The zero-order valence-electron chi connectivity index (χ0n) is 18.3. The third-order valence-electron chi connectivity index (χ3n) is 5.60. The van der Waals surface area contributed by atoms with Crippen molar-refractivity contribution >= 4 is 40.9 Å². The van der Waals surface area contributed by atoms with Gasteiger partial charge in [0.1, 0.15) is 0 Å². The number of nitrogens with zero attached hydrogens (tertiary/aromatic N) is 2. The molecule has 0 unspecified atom stereocenters. The average molecular weight is 460 g/mol. The number of benzene rings is 3. The molecular formula is C27H26ClN3O2. The van der Waals surface area contributed by atoms with Crippen LogP contribution in [0.15, 0.2) is 84.9 Å². The Morgan fingerprint density at radius 3 is 2.18 bits per heavy atom. The molecule has 0 radical (unpaired) electrons. The first-order valence-electron chi connectivity index (χ1n) is 11.0. The summed E-state index contributed by atoms with van der Waals surface area (Å²) in [7, 11) is 0. The first kappa shape index (κ1) is 22.6. The predicted octanol–water partition coefficient (Wildman–Crippen LogP) is 4.88. The van der Waals surface area contributed by atoms with Crippen LogP contribution in [0.3, 0.4) is 0 Å². The van der Waals surface area contributed by atoms with Crippen LogP contribution in [0.1, 0.15) is 11.1 Å². The molecule has 1 saturated heterocycles. The van der Waals surface area contributed by atoms with E-state index in [4.69, 9.17) is 11.6 Å². The van der Waals surface area contributed by atoms with Crippen molar-refractivity contribution in [3.05, 3.63) is 101 Å². The Bertz CT molecular complexity index is 1100. The maximum atomic E-state index is 12.5. The van der Waals surface area contributed by atoms with Crippen molar-refractivity contribution in [2.75, 3.05) is 36.4 Å². The zero-order valence-corrected chi connectivity index (χ0v) is 19.0. The van der Waals surface area contributed by atoms with E-state index in [1.54, 1.807) is 18.2 Å². The summed E-state index contributed by atoms with van der Waals surface area (Å²) in [5, 5.41) is 3.59. The smallest absolute Gasteiger partial charge is 0.246 e. The number of piperazine rings is 1. The van der Waals surface area contributed by atoms with E-state index < -0.39 is 0 Å². The van der Waals surface area contributed by atoms with E-state index in [-0.39, 0.29) is 11.8 Å². The second-order valence-corrected chi connectivity index (χ2v) is 8.39. The number of carbonyl (C=O) groups excluding carboxylic acids is 2. The third-order valence-corrected chi connectivity index (χ3v) is 5.86. The molecule has 6 heteroatoms. The Labute approximate surface area is 199 Å². The summed E-state index contributed by atoms with van der Waals surface area (Å²) in [4.78, 5) is 28.9. The van der Waals surface area contributed by atoms with Crippen LogP contribution in [0.25, 0.3) is 6.08 Å². The van der Waals surface area contributed by atoms with Gasteiger partial charge in [0.25, 0.3) is 0 Å². The van der Waals surface area contributed by atoms with Gasteiger partial charge in [0.15, 0.2) is 0 Å². The minimum atomic E-state index is -0.0687. The molecule has 4 rings (SSSR count). The van der Waals surface area contributed by atoms with E-state index in [9.17, 15) is 9.59 Å². The Kier molecular flexibility index (Phi) is 7.43. The summed E-state index contributed by atoms with van der Waals surface area (Å²) in [6, 6.07) is 24.9. The topological polar surface area (TPSA) is 52.7 Å². The molecule has 168 valence electrons. The third kappa shape index (κ3) is 6.46. The lowest BCUT2D eigenvalue weighted by atomic mass is 10.1. The summed E-state index contributed by atoms with van der Waals surface area (Å²) in [6.07, 6.45) is 3.80. The van der Waals surface area contributed by atoms with Crippen LogP contribution >= 0.6 is 11.6 Å². The summed E-state index contributed by atoms with van der Waals surface area (Å²) < 4.78 is 0. The van der Waals surface area contributed by atoms with E-state index in [0.29, 0.717) is 24.5 Å². The van der Waals surface area contributed by atoms with Gasteiger partial charge in [0.2, 0.25) is 11.8 Å². The van der Waals surface area contributed by atoms with Crippen LogP contribution in [0.5, 0.6) is 0 Å². The molecule has 1 N–H and O–H groups in total. The van der Waals surface area contributed by atoms with Crippen LogP contribution in [0, 0.1) is 0 Å². The summed E-state index contributed by atoms with van der Waals surface area (Å²) in [5.74, 6) is -0.0296. The lowest BCUT2D eigenvalue weighted by Gasteiger charge is -2.35. The van der Waals surface area contributed by atoms with Crippen molar-refractivity contribution in [1.29, 1.82) is 0 Å². The van der Waals surface area contributed by atoms with Gasteiger partial charge in [-0.15, -0.1) is 0 Å². The normalized spacial score (nSPS) is 13.8. The van der Waals surface area contributed by atoms with Gasteiger partial charge >= 0.3 is 0 Å². The Hall–Kier alpha value is -3.57. The number of amides is 2. The molecule has 1 fully saturated rings. The minimum absolute atomic E-state index is 0.0391. The second kappa shape index (κ2) is 10.8. The Balaban J connectivity index is 1.26. The molecule has 1 aliphatic heterocycles. The molecule has 3 aromatic rings. The molecule has 1 aliphatic rings. The van der Waals surface area contributed by atoms with Crippen LogP contribution in [0.4, 0.5) is 11.4 Å². The molecule has 1 heterocycles. The molecule has 0 aromatic heterocycles. The van der Waals surface area contributed by atoms with Gasteiger partial charge in [-0.2, -0.15) is 0 Å². The van der Waals surface area contributed by atoms with Gasteiger partial charge in [0, 0.05) is 48.7 Å². The van der Waals surface area contributed by atoms with E-state index in [1.165, 1.54) is 0 Å². The maximum absolute atomic E-state index is 12.5. The molecule has 0 bridgehead atoms. The van der Waals surface area contributed by atoms with Crippen molar-refractivity contribution in [3.8, 4) is 0 Å². The number of halogens is 1. The van der Waals surface area contributed by atoms with Crippen LogP contribution in [-0.4, -0.2) is 42.9 Å². The standard InChI is InChI=1S/C27H26ClN3O2/c28-23-9-6-22(7-10-23)20-26(32)29-24-11-13-25(14-12-24)30-16-18-31(19-17-30)27(33)15-8-21-4-2-1-3-5-21/h1-15H,16-20H2,(H,29,32)/b15-8+. The molecule has 3 aromatic carbocycles. The number of anilines is 2. The number of rotatable bonds is 6. The highest BCUT2D eigenvalue weighted by Gasteiger charge is 2.19. The largest absolute Gasteiger partial charge is 0.368 e. The van der Waals surface area contributed by atoms with E-state index in [2.05, 4.69) is 10.2 Å². The fourth-order valence-electron chi connectivity index (χ4n) is 3.77. The molecule has 33 heavy (non-hydrogen) atoms. The van der Waals surface area contributed by atoms with Crippen molar-refractivity contribution in [3.63, 3.8) is 0 Å². The Morgan fingerprint density at radius 1 is 0.848 bits per heavy atom. The highest BCUT2D eigenvalue weighted by Crippen LogP contribution is 2.20. The number of carbonyl (C=O) groups is 2. The first-order chi connectivity index (χ1) is 16.1. The van der Waals surface area contributed by atoms with Gasteiger partial charge in [0.05, 0.1) is 6.42 Å². The monoisotopic (exact) mass is 459 g/mol. The van der Waals surface area contributed by atoms with E-state index >= 15 is 0 Å². The van der Waals surface area contributed by atoms with Gasteiger partial charge < -0.3 is 15.1 Å². The van der Waals surface area contributed by atoms with Crippen LogP contribution < -0.4 is 10.2 Å². The second-order valence-electron chi connectivity index (χ2n) is 7.95. The highest BCUT2D eigenvalue weighted by molar-refractivity contribution is 6.30. The Morgan fingerprint density at radius 2 is 1.52 bits per heavy atom. The van der Waals surface area contributed by atoms with Gasteiger partial charge in [-0.1, -0.05) is 54.1 Å². The molecule has 5 nitrogen and oxygen atoms in total. The molecule has 2 amide bonds. The van der Waals surface area contributed by atoms with Gasteiger partial charge in [-0.05, 0) is 53.6 Å². The van der Waals surface area contributed by atoms with E-state index in [0.717, 1.165) is 35.6 Å². The summed E-state index contributed by atoms with van der Waals surface area (Å²) >= 11 is 5.89. The fourth-order valence-corrected chi connectivity index (χ4v) is 3.90. The lowest BCUT2D eigenvalue weighted by molar-refractivity contribution is -0.126. The minimum Gasteiger partial charge on any atom is -0.368 e. The summed E-state index contributed by atoms with van der Waals surface area (Å²) in [5.41, 5.74) is 3.78. The van der Waals surface area contributed by atoms with E-state index in [1.807, 2.05) is 77.7 Å². The number of hydrogen-bond donors (Lipinski definition) is 1. The van der Waals surface area contributed by atoms with Crippen LogP contribution in [0.2, 0.25) is 5.02 Å². The van der Waals surface area contributed by atoms with Crippen molar-refractivity contribution in [1.82, 2.24) is 4.90 Å². The van der Waals surface area contributed by atoms with Crippen molar-refractivity contribution in [2.24, 2.45) is 0 Å². The molecule has 0 spiro atoms. The van der Waals surface area contributed by atoms with Crippen molar-refractivity contribution < 1.29 is 9.59 Å². The molecule has 0 atom stereocenters. The van der Waals surface area contributed by atoms with Crippen molar-refractivity contribution in [2.45, 2.75) is 6.42 Å². The average Bonchev–Trinajstić information content (AvgIpc) is 2.85. The summed E-state index contributed by atoms with van der Waals surface area (Å²) in [6.45, 7) is 2.90. The maximum Gasteiger partial charge on any atom is 0.246 e. The van der Waals surface area contributed by atoms with Gasteiger partial charge in [-0.3, -0.25) is 9.59 Å². The SMILES string of the molecule is O=C(Cc1ccc(Cl)cc1)Nc1ccc(N2CCN(C(=O)/C=C/c3ccccc3)CC2)cc1. The lowest BCUT2D eigenvalue weighted by Crippen LogP contribution is -2.48. The predicted molar refractivity (Wildman–Crippen MR) is 134 cm³/mol. The molecule has 0 aliphatic carbocycles. The highest BCUT2D eigenvalue weighted by atomic mass is 35.5. The van der Waals surface area contributed by atoms with Gasteiger partial charge in [-0.25, -0.2) is 0 Å². The molecular weight excluding hydrogens is 434 g/mol. The number of hydrogen-bond acceptors (Lipinski definition) is 3. The zero-order chi connectivity index (χ0) is 23.0. The fraction of sp³-hybridized carbons (Fsp3) is 0.185. The van der Waals surface area contributed by atoms with Crippen LogP contribution in [-0.2, 0) is 16.0 Å². The first-order valence-corrected chi connectivity index (χ1v) is 11.4.